The third-order valence-corrected chi connectivity index (χ3v) is 5.77. The first-order chi connectivity index (χ1) is 18.7. The summed E-state index contributed by atoms with van der Waals surface area (Å²) in [5.74, 6) is -0.933. The van der Waals surface area contributed by atoms with E-state index in [9.17, 15) is 28.1 Å². The lowest BCUT2D eigenvalue weighted by Gasteiger charge is -2.10. The van der Waals surface area contributed by atoms with Crippen molar-refractivity contribution in [2.75, 3.05) is 5.32 Å². The highest BCUT2D eigenvalue weighted by atomic mass is 35.5. The normalized spacial score (nSPS) is 11.1. The molecule has 2 aromatic heterocycles. The highest BCUT2D eigenvalue weighted by molar-refractivity contribution is 6.30. The van der Waals surface area contributed by atoms with Gasteiger partial charge in [-0.05, 0) is 54.6 Å². The molecule has 5 rings (SSSR count). The van der Waals surface area contributed by atoms with E-state index in [1.807, 2.05) is 0 Å². The van der Waals surface area contributed by atoms with Gasteiger partial charge in [0.05, 0.1) is 28.6 Å². The molecular formula is C26H15ClF3N5O4. The molecule has 9 nitrogen and oxygen atoms in total. The fraction of sp³-hybridized carbons (Fsp3) is 0.0385. The van der Waals surface area contributed by atoms with Gasteiger partial charge in [-0.25, -0.2) is 22.7 Å². The molecular weight excluding hydrogens is 539 g/mol. The number of hydrogen-bond donors (Lipinski definition) is 1. The van der Waals surface area contributed by atoms with Crippen LogP contribution in [-0.2, 0) is 0 Å². The largest absolute Gasteiger partial charge is 0.457 e. The molecule has 0 unspecified atom stereocenters. The average Bonchev–Trinajstić information content (AvgIpc) is 3.34. The predicted molar refractivity (Wildman–Crippen MR) is 136 cm³/mol. The number of nitrogens with zero attached hydrogens (tertiary/aromatic N) is 4. The van der Waals surface area contributed by atoms with Crippen LogP contribution in [0, 0.1) is 15.9 Å². The van der Waals surface area contributed by atoms with E-state index in [0.29, 0.717) is 16.3 Å². The zero-order valence-corrected chi connectivity index (χ0v) is 20.3. The van der Waals surface area contributed by atoms with E-state index in [2.05, 4.69) is 15.4 Å². The second-order valence-electron chi connectivity index (χ2n) is 8.15. The smallest absolute Gasteiger partial charge is 0.280 e. The molecule has 0 aliphatic carbocycles. The number of alkyl halides is 2. The second-order valence-corrected chi connectivity index (χ2v) is 8.59. The number of halogens is 4. The van der Waals surface area contributed by atoms with Crippen molar-refractivity contribution >= 4 is 34.5 Å². The monoisotopic (exact) mass is 553 g/mol. The van der Waals surface area contributed by atoms with E-state index in [0.717, 1.165) is 35.0 Å². The van der Waals surface area contributed by atoms with E-state index in [-0.39, 0.29) is 34.0 Å². The molecule has 0 atom stereocenters. The number of hydrogen-bond acceptors (Lipinski definition) is 6. The summed E-state index contributed by atoms with van der Waals surface area (Å²) in [7, 11) is 0. The van der Waals surface area contributed by atoms with Crippen LogP contribution in [0.2, 0.25) is 5.02 Å². The number of benzene rings is 3. The Morgan fingerprint density at radius 2 is 1.74 bits per heavy atom. The fourth-order valence-corrected chi connectivity index (χ4v) is 3.85. The molecule has 1 amide bonds. The van der Waals surface area contributed by atoms with Gasteiger partial charge >= 0.3 is 0 Å². The highest BCUT2D eigenvalue weighted by Crippen LogP contribution is 2.31. The number of nitrogens with one attached hydrogen (secondary N) is 1. The number of rotatable bonds is 7. The predicted octanol–water partition coefficient (Wildman–Crippen LogP) is 7.08. The molecule has 0 aliphatic rings. The summed E-state index contributed by atoms with van der Waals surface area (Å²) in [6.45, 7) is 0. The van der Waals surface area contributed by atoms with Crippen LogP contribution in [-0.4, -0.2) is 25.4 Å². The lowest BCUT2D eigenvalue weighted by molar-refractivity contribution is -0.384. The average molecular weight is 554 g/mol. The minimum atomic E-state index is -2.96. The van der Waals surface area contributed by atoms with Gasteiger partial charge in [0.25, 0.3) is 18.0 Å². The van der Waals surface area contributed by atoms with Crippen molar-refractivity contribution in [2.45, 2.75) is 6.43 Å². The Morgan fingerprint density at radius 3 is 2.41 bits per heavy atom. The minimum absolute atomic E-state index is 0.00119. The zero-order valence-electron chi connectivity index (χ0n) is 19.5. The van der Waals surface area contributed by atoms with Crippen LogP contribution in [0.1, 0.15) is 22.5 Å². The van der Waals surface area contributed by atoms with Crippen LogP contribution in [0.5, 0.6) is 11.5 Å². The molecule has 2 heterocycles. The van der Waals surface area contributed by atoms with Crippen molar-refractivity contribution in [1.82, 2.24) is 14.6 Å². The maximum Gasteiger partial charge on any atom is 0.280 e. The second kappa shape index (κ2) is 10.4. The zero-order chi connectivity index (χ0) is 27.7. The number of nitro groups is 1. The SMILES string of the molecule is O=C(Nc1cc(Oc2ccc(Cl)cc2)cc([N+](=O)[O-])c1)c1cnn2c(C(F)F)cc(-c3ccc(F)cc3)nc12. The molecule has 1 N–H and O–H groups in total. The summed E-state index contributed by atoms with van der Waals surface area (Å²) in [5, 5.41) is 18.3. The number of anilines is 1. The van der Waals surface area contributed by atoms with Crippen molar-refractivity contribution in [3.8, 4) is 22.8 Å². The van der Waals surface area contributed by atoms with E-state index < -0.39 is 28.8 Å². The van der Waals surface area contributed by atoms with Gasteiger partial charge in [-0.3, -0.25) is 14.9 Å². The third kappa shape index (κ3) is 5.50. The van der Waals surface area contributed by atoms with Crippen molar-refractivity contribution < 1.29 is 27.6 Å². The molecule has 0 spiro atoms. The van der Waals surface area contributed by atoms with Crippen LogP contribution < -0.4 is 10.1 Å². The number of fused-ring (bicyclic) bond motifs is 1. The van der Waals surface area contributed by atoms with Crippen molar-refractivity contribution in [3.63, 3.8) is 0 Å². The van der Waals surface area contributed by atoms with Gasteiger partial charge in [0.2, 0.25) is 0 Å². The maximum atomic E-state index is 13.8. The van der Waals surface area contributed by atoms with E-state index in [1.165, 1.54) is 24.3 Å². The van der Waals surface area contributed by atoms with E-state index >= 15 is 0 Å². The first-order valence-electron chi connectivity index (χ1n) is 11.1. The summed E-state index contributed by atoms with van der Waals surface area (Å²) >= 11 is 5.87. The van der Waals surface area contributed by atoms with Crippen LogP contribution in [0.4, 0.5) is 24.5 Å². The Morgan fingerprint density at radius 1 is 1.03 bits per heavy atom. The molecule has 196 valence electrons. The number of carbonyl (C=O) groups is 1. The molecule has 13 heteroatoms. The minimum Gasteiger partial charge on any atom is -0.457 e. The number of carbonyl (C=O) groups excluding carboxylic acids is 1. The molecule has 0 radical (unpaired) electrons. The van der Waals surface area contributed by atoms with Gasteiger partial charge < -0.3 is 10.1 Å². The Balaban J connectivity index is 1.51. The van der Waals surface area contributed by atoms with Gasteiger partial charge in [0, 0.05) is 22.7 Å². The fourth-order valence-electron chi connectivity index (χ4n) is 3.73. The first kappa shape index (κ1) is 25.7. The molecule has 3 aromatic carbocycles. The number of ether oxygens (including phenoxy) is 1. The summed E-state index contributed by atoms with van der Waals surface area (Å²) in [5.41, 5.74) is -0.848. The standard InChI is InChI=1S/C26H15ClF3N5O4/c27-15-3-7-19(8-4-15)39-20-10-17(9-18(11-20)35(37)38)32-26(36)21-13-31-34-23(24(29)30)12-22(33-25(21)34)14-1-5-16(28)6-2-14/h1-13,24H,(H,32,36). The summed E-state index contributed by atoms with van der Waals surface area (Å²) in [6, 6.07) is 16.0. The molecule has 0 fully saturated rings. The van der Waals surface area contributed by atoms with Crippen molar-refractivity contribution in [1.29, 1.82) is 0 Å². The van der Waals surface area contributed by atoms with Crippen molar-refractivity contribution in [3.05, 3.63) is 111 Å². The topological polar surface area (TPSA) is 112 Å². The van der Waals surface area contributed by atoms with Crippen LogP contribution in [0.15, 0.2) is 79.0 Å². The van der Waals surface area contributed by atoms with E-state index in [1.54, 1.807) is 24.3 Å². The van der Waals surface area contributed by atoms with Gasteiger partial charge in [-0.1, -0.05) is 11.6 Å². The van der Waals surface area contributed by atoms with Gasteiger partial charge in [0.1, 0.15) is 28.6 Å². The first-order valence-corrected chi connectivity index (χ1v) is 11.5. The van der Waals surface area contributed by atoms with Crippen LogP contribution >= 0.6 is 11.6 Å². The molecule has 39 heavy (non-hydrogen) atoms. The Labute approximate surface area is 222 Å². The quantitative estimate of drug-likeness (QED) is 0.170. The molecule has 0 aliphatic heterocycles. The Bertz CT molecular complexity index is 1710. The van der Waals surface area contributed by atoms with E-state index in [4.69, 9.17) is 16.3 Å². The highest BCUT2D eigenvalue weighted by Gasteiger charge is 2.22. The number of nitro benzene ring substituents is 1. The number of amides is 1. The van der Waals surface area contributed by atoms with Gasteiger partial charge in [-0.15, -0.1) is 0 Å². The number of non-ortho nitro benzene ring substituents is 1. The molecule has 0 saturated carbocycles. The summed E-state index contributed by atoms with van der Waals surface area (Å²) in [4.78, 5) is 28.3. The third-order valence-electron chi connectivity index (χ3n) is 5.52. The lowest BCUT2D eigenvalue weighted by Crippen LogP contribution is -2.13. The molecule has 0 bridgehead atoms. The van der Waals surface area contributed by atoms with Gasteiger partial charge in [-0.2, -0.15) is 5.10 Å². The van der Waals surface area contributed by atoms with Crippen LogP contribution in [0.25, 0.3) is 16.9 Å². The number of aromatic nitrogens is 3. The summed E-state index contributed by atoms with van der Waals surface area (Å²) < 4.78 is 47.6. The van der Waals surface area contributed by atoms with Gasteiger partial charge in [0.15, 0.2) is 5.65 Å². The Hall–Kier alpha value is -4.97. The maximum absolute atomic E-state index is 13.8. The molecule has 0 saturated heterocycles. The van der Waals surface area contributed by atoms with Crippen LogP contribution in [0.3, 0.4) is 0 Å². The van der Waals surface area contributed by atoms with Crippen molar-refractivity contribution in [2.24, 2.45) is 0 Å². The lowest BCUT2D eigenvalue weighted by atomic mass is 10.1. The Kier molecular flexibility index (Phi) is 6.86. The molecule has 5 aromatic rings. The summed E-state index contributed by atoms with van der Waals surface area (Å²) in [6.07, 6.45) is -1.91.